The number of carbonyl (C=O) groups is 1. The molecule has 0 bridgehead atoms. The second-order valence-corrected chi connectivity index (χ2v) is 5.35. The summed E-state index contributed by atoms with van der Waals surface area (Å²) in [5.41, 5.74) is 1.89. The van der Waals surface area contributed by atoms with Gasteiger partial charge in [-0.05, 0) is 23.8 Å². The highest BCUT2D eigenvalue weighted by molar-refractivity contribution is 6.32. The Morgan fingerprint density at radius 2 is 1.95 bits per heavy atom. The Bertz CT molecular complexity index is 632. The summed E-state index contributed by atoms with van der Waals surface area (Å²) in [4.78, 5) is 13.8. The highest BCUT2D eigenvalue weighted by Gasteiger charge is 2.09. The fourth-order valence-corrected chi connectivity index (χ4v) is 2.29. The molecular formula is C17H19ClN2O2. The SMILES string of the molecule is COc1ccc(NCC(=O)N(C)Cc2ccccc2)cc1Cl. The van der Waals surface area contributed by atoms with Crippen molar-refractivity contribution < 1.29 is 9.53 Å². The van der Waals surface area contributed by atoms with Crippen LogP contribution in [-0.2, 0) is 11.3 Å². The van der Waals surface area contributed by atoms with Crippen LogP contribution in [0.5, 0.6) is 5.75 Å². The lowest BCUT2D eigenvalue weighted by Crippen LogP contribution is -2.31. The van der Waals surface area contributed by atoms with Crippen LogP contribution in [-0.4, -0.2) is 31.5 Å². The second kappa shape index (κ2) is 7.71. The van der Waals surface area contributed by atoms with Gasteiger partial charge in [0.1, 0.15) is 5.75 Å². The molecule has 0 aliphatic carbocycles. The van der Waals surface area contributed by atoms with E-state index in [1.807, 2.05) is 36.4 Å². The van der Waals surface area contributed by atoms with Crippen LogP contribution in [0, 0.1) is 0 Å². The van der Waals surface area contributed by atoms with Crippen LogP contribution in [0.3, 0.4) is 0 Å². The molecule has 0 saturated carbocycles. The van der Waals surface area contributed by atoms with Gasteiger partial charge in [0.05, 0.1) is 18.7 Å². The van der Waals surface area contributed by atoms with Gasteiger partial charge in [-0.1, -0.05) is 41.9 Å². The Morgan fingerprint density at radius 3 is 2.59 bits per heavy atom. The highest BCUT2D eigenvalue weighted by atomic mass is 35.5. The molecule has 1 N–H and O–H groups in total. The first-order chi connectivity index (χ1) is 10.6. The molecule has 0 spiro atoms. The first-order valence-corrected chi connectivity index (χ1v) is 7.33. The molecule has 22 heavy (non-hydrogen) atoms. The van der Waals surface area contributed by atoms with E-state index in [4.69, 9.17) is 16.3 Å². The Morgan fingerprint density at radius 1 is 1.23 bits per heavy atom. The summed E-state index contributed by atoms with van der Waals surface area (Å²) in [6.45, 7) is 0.802. The summed E-state index contributed by atoms with van der Waals surface area (Å²) < 4.78 is 5.10. The van der Waals surface area contributed by atoms with E-state index >= 15 is 0 Å². The van der Waals surface area contributed by atoms with Gasteiger partial charge in [0.25, 0.3) is 0 Å². The van der Waals surface area contributed by atoms with Gasteiger partial charge in [0, 0.05) is 19.3 Å². The van der Waals surface area contributed by atoms with Crippen LogP contribution in [0.25, 0.3) is 0 Å². The number of benzene rings is 2. The minimum Gasteiger partial charge on any atom is -0.495 e. The number of hydrogen-bond acceptors (Lipinski definition) is 3. The minimum atomic E-state index is 0.00999. The zero-order chi connectivity index (χ0) is 15.9. The number of hydrogen-bond donors (Lipinski definition) is 1. The molecule has 0 atom stereocenters. The molecule has 0 aromatic heterocycles. The molecule has 2 rings (SSSR count). The topological polar surface area (TPSA) is 41.6 Å². The van der Waals surface area contributed by atoms with Crippen LogP contribution >= 0.6 is 11.6 Å². The first-order valence-electron chi connectivity index (χ1n) is 6.95. The molecule has 0 radical (unpaired) electrons. The minimum absolute atomic E-state index is 0.00999. The highest BCUT2D eigenvalue weighted by Crippen LogP contribution is 2.27. The first kappa shape index (κ1) is 16.2. The summed E-state index contributed by atoms with van der Waals surface area (Å²) in [6, 6.07) is 15.2. The summed E-state index contributed by atoms with van der Waals surface area (Å²) in [6.07, 6.45) is 0. The zero-order valence-electron chi connectivity index (χ0n) is 12.7. The van der Waals surface area contributed by atoms with E-state index in [0.29, 0.717) is 17.3 Å². The van der Waals surface area contributed by atoms with Crippen LogP contribution in [0.2, 0.25) is 5.02 Å². The number of nitrogens with zero attached hydrogens (tertiary/aromatic N) is 1. The molecule has 0 aliphatic heterocycles. The van der Waals surface area contributed by atoms with E-state index in [9.17, 15) is 4.79 Å². The van der Waals surface area contributed by atoms with Crippen molar-refractivity contribution >= 4 is 23.2 Å². The largest absolute Gasteiger partial charge is 0.495 e. The zero-order valence-corrected chi connectivity index (χ0v) is 13.4. The van der Waals surface area contributed by atoms with E-state index in [1.54, 1.807) is 31.2 Å². The number of carbonyl (C=O) groups excluding carboxylic acids is 1. The molecule has 0 heterocycles. The predicted molar refractivity (Wildman–Crippen MR) is 89.4 cm³/mol. The van der Waals surface area contributed by atoms with E-state index in [0.717, 1.165) is 11.3 Å². The molecular weight excluding hydrogens is 300 g/mol. The monoisotopic (exact) mass is 318 g/mol. The molecule has 116 valence electrons. The molecule has 5 heteroatoms. The molecule has 0 saturated heterocycles. The predicted octanol–water partition coefficient (Wildman–Crippen LogP) is 3.42. The van der Waals surface area contributed by atoms with Gasteiger partial charge in [0.2, 0.25) is 5.91 Å². The maximum atomic E-state index is 12.1. The third-order valence-corrected chi connectivity index (χ3v) is 3.58. The van der Waals surface area contributed by atoms with Gasteiger partial charge in [-0.15, -0.1) is 0 Å². The molecule has 1 amide bonds. The lowest BCUT2D eigenvalue weighted by atomic mass is 10.2. The van der Waals surface area contributed by atoms with Gasteiger partial charge >= 0.3 is 0 Å². The van der Waals surface area contributed by atoms with Crippen molar-refractivity contribution in [2.75, 3.05) is 26.0 Å². The van der Waals surface area contributed by atoms with Gasteiger partial charge in [-0.2, -0.15) is 0 Å². The standard InChI is InChI=1S/C17H19ClN2O2/c1-20(12-13-6-4-3-5-7-13)17(21)11-19-14-8-9-16(22-2)15(18)10-14/h3-10,19H,11-12H2,1-2H3. The Labute approximate surface area is 135 Å². The normalized spacial score (nSPS) is 10.1. The van der Waals surface area contributed by atoms with Crippen LogP contribution in [0.4, 0.5) is 5.69 Å². The summed E-state index contributed by atoms with van der Waals surface area (Å²) in [7, 11) is 3.36. The average Bonchev–Trinajstić information content (AvgIpc) is 2.53. The molecule has 4 nitrogen and oxygen atoms in total. The quantitative estimate of drug-likeness (QED) is 0.887. The third-order valence-electron chi connectivity index (χ3n) is 3.28. The summed E-state index contributed by atoms with van der Waals surface area (Å²) in [5, 5.41) is 3.58. The van der Waals surface area contributed by atoms with Crippen molar-refractivity contribution in [3.05, 3.63) is 59.1 Å². The number of methoxy groups -OCH3 is 1. The Balaban J connectivity index is 1.88. The number of ether oxygens (including phenoxy) is 1. The number of anilines is 1. The van der Waals surface area contributed by atoms with Crippen molar-refractivity contribution in [2.24, 2.45) is 0 Å². The lowest BCUT2D eigenvalue weighted by Gasteiger charge is -2.18. The fourth-order valence-electron chi connectivity index (χ4n) is 2.03. The molecule has 2 aromatic carbocycles. The van der Waals surface area contributed by atoms with Crippen molar-refractivity contribution in [1.29, 1.82) is 0 Å². The number of halogens is 1. The van der Waals surface area contributed by atoms with Crippen LogP contribution in [0.15, 0.2) is 48.5 Å². The summed E-state index contributed by atoms with van der Waals surface area (Å²) >= 11 is 6.05. The summed E-state index contributed by atoms with van der Waals surface area (Å²) in [5.74, 6) is 0.621. The van der Waals surface area contributed by atoms with Crippen molar-refractivity contribution in [2.45, 2.75) is 6.54 Å². The fraction of sp³-hybridized carbons (Fsp3) is 0.235. The van der Waals surface area contributed by atoms with Crippen molar-refractivity contribution in [1.82, 2.24) is 4.90 Å². The van der Waals surface area contributed by atoms with Crippen LogP contribution in [0.1, 0.15) is 5.56 Å². The molecule has 2 aromatic rings. The van der Waals surface area contributed by atoms with Gasteiger partial charge in [0.15, 0.2) is 0 Å². The average molecular weight is 319 g/mol. The number of rotatable bonds is 6. The van der Waals surface area contributed by atoms with Gasteiger partial charge in [-0.3, -0.25) is 4.79 Å². The molecule has 0 unspecified atom stereocenters. The molecule has 0 fully saturated rings. The van der Waals surface area contributed by atoms with E-state index in [-0.39, 0.29) is 12.5 Å². The maximum Gasteiger partial charge on any atom is 0.241 e. The van der Waals surface area contributed by atoms with Gasteiger partial charge in [-0.25, -0.2) is 0 Å². The van der Waals surface area contributed by atoms with E-state index in [1.165, 1.54) is 0 Å². The van der Waals surface area contributed by atoms with Gasteiger partial charge < -0.3 is 15.0 Å². The lowest BCUT2D eigenvalue weighted by molar-refractivity contribution is -0.128. The smallest absolute Gasteiger partial charge is 0.241 e. The Kier molecular flexibility index (Phi) is 5.67. The number of likely N-dealkylation sites (N-methyl/N-ethyl adjacent to an activating group) is 1. The maximum absolute atomic E-state index is 12.1. The van der Waals surface area contributed by atoms with Crippen LogP contribution < -0.4 is 10.1 Å². The third kappa shape index (κ3) is 4.40. The number of nitrogens with one attached hydrogen (secondary N) is 1. The van der Waals surface area contributed by atoms with E-state index in [2.05, 4.69) is 5.32 Å². The van der Waals surface area contributed by atoms with E-state index < -0.39 is 0 Å². The van der Waals surface area contributed by atoms with Crippen molar-refractivity contribution in [3.63, 3.8) is 0 Å². The Hall–Kier alpha value is -2.20. The molecule has 0 aliphatic rings. The number of amides is 1. The van der Waals surface area contributed by atoms with Crippen molar-refractivity contribution in [3.8, 4) is 5.75 Å². The second-order valence-electron chi connectivity index (χ2n) is 4.94.